The fourth-order valence-corrected chi connectivity index (χ4v) is 3.53. The molecular formula is C17H19N3O4S. The molecule has 8 heteroatoms. The number of benzene rings is 1. The van der Waals surface area contributed by atoms with Crippen LogP contribution in [0.25, 0.3) is 0 Å². The van der Waals surface area contributed by atoms with Gasteiger partial charge < -0.3 is 29.7 Å². The van der Waals surface area contributed by atoms with Gasteiger partial charge in [0, 0.05) is 18.8 Å². The van der Waals surface area contributed by atoms with Crippen LogP contribution in [0.4, 0.5) is 0 Å². The Bertz CT molecular complexity index is 758. The molecule has 7 nitrogen and oxygen atoms in total. The molecule has 3 heterocycles. The van der Waals surface area contributed by atoms with Gasteiger partial charge in [0.05, 0.1) is 24.8 Å². The van der Waals surface area contributed by atoms with Crippen molar-refractivity contribution in [2.45, 2.75) is 13.0 Å². The van der Waals surface area contributed by atoms with Crippen molar-refractivity contribution in [2.75, 3.05) is 33.1 Å². The smallest absolute Gasteiger partial charge is 0.254 e. The zero-order valence-corrected chi connectivity index (χ0v) is 14.6. The van der Waals surface area contributed by atoms with E-state index in [0.717, 1.165) is 11.3 Å². The summed E-state index contributed by atoms with van der Waals surface area (Å²) in [6.07, 6.45) is 0. The summed E-state index contributed by atoms with van der Waals surface area (Å²) in [4.78, 5) is 14.9. The molecule has 1 aromatic rings. The Morgan fingerprint density at radius 1 is 1.24 bits per heavy atom. The van der Waals surface area contributed by atoms with Gasteiger partial charge >= 0.3 is 0 Å². The SMILES string of the molecule is CC1=C(C(=O)N2CCOCC2)[C@H](c2ccc3c(c2)OCO3)NC(=S)N1. The molecule has 4 rings (SSSR count). The van der Waals surface area contributed by atoms with Crippen molar-refractivity contribution >= 4 is 23.2 Å². The monoisotopic (exact) mass is 361 g/mol. The van der Waals surface area contributed by atoms with Crippen LogP contribution in [0, 0.1) is 0 Å². The third kappa shape index (κ3) is 3.03. The van der Waals surface area contributed by atoms with Crippen LogP contribution >= 0.6 is 12.2 Å². The molecule has 3 aliphatic heterocycles. The predicted octanol–water partition coefficient (Wildman–Crippen LogP) is 1.07. The lowest BCUT2D eigenvalue weighted by Gasteiger charge is -2.34. The molecule has 1 saturated heterocycles. The van der Waals surface area contributed by atoms with Crippen LogP contribution in [0.15, 0.2) is 29.5 Å². The normalized spacial score (nSPS) is 22.5. The number of hydrogen-bond acceptors (Lipinski definition) is 5. The molecule has 0 aromatic heterocycles. The largest absolute Gasteiger partial charge is 0.454 e. The van der Waals surface area contributed by atoms with Crippen molar-refractivity contribution in [3.63, 3.8) is 0 Å². The number of morpholine rings is 1. The van der Waals surface area contributed by atoms with Crippen LogP contribution < -0.4 is 20.1 Å². The maximum absolute atomic E-state index is 13.1. The van der Waals surface area contributed by atoms with E-state index in [0.29, 0.717) is 48.5 Å². The van der Waals surface area contributed by atoms with Crippen LogP contribution in [0.1, 0.15) is 18.5 Å². The van der Waals surface area contributed by atoms with Gasteiger partial charge in [-0.1, -0.05) is 6.07 Å². The van der Waals surface area contributed by atoms with Crippen LogP contribution in [0.5, 0.6) is 11.5 Å². The molecule has 0 saturated carbocycles. The highest BCUT2D eigenvalue weighted by atomic mass is 32.1. The molecule has 1 atom stereocenters. The third-order valence-electron chi connectivity index (χ3n) is 4.53. The molecule has 132 valence electrons. The van der Waals surface area contributed by atoms with Gasteiger partial charge in [-0.3, -0.25) is 4.79 Å². The van der Waals surface area contributed by atoms with E-state index in [2.05, 4.69) is 10.6 Å². The van der Waals surface area contributed by atoms with E-state index in [1.54, 1.807) is 0 Å². The molecule has 25 heavy (non-hydrogen) atoms. The number of thiocarbonyl (C=S) groups is 1. The summed E-state index contributed by atoms with van der Waals surface area (Å²) in [6.45, 7) is 4.39. The third-order valence-corrected chi connectivity index (χ3v) is 4.75. The Morgan fingerprint density at radius 2 is 2.00 bits per heavy atom. The Balaban J connectivity index is 1.69. The van der Waals surface area contributed by atoms with Gasteiger partial charge in [-0.2, -0.15) is 0 Å². The number of nitrogens with zero attached hydrogens (tertiary/aromatic N) is 1. The molecule has 0 bridgehead atoms. The van der Waals surface area contributed by atoms with Crippen LogP contribution in [-0.4, -0.2) is 49.0 Å². The standard InChI is InChI=1S/C17H19N3O4S/c1-10-14(16(21)20-4-6-22-7-5-20)15(19-17(25)18-10)11-2-3-12-13(8-11)24-9-23-12/h2-3,8,15H,4-7,9H2,1H3,(H2,18,19,25)/t15-/m0/s1. The van der Waals surface area contributed by atoms with E-state index in [1.165, 1.54) is 0 Å². The molecule has 3 aliphatic rings. The van der Waals surface area contributed by atoms with E-state index < -0.39 is 0 Å². The number of rotatable bonds is 2. The molecular weight excluding hydrogens is 342 g/mol. The first kappa shape index (κ1) is 16.2. The molecule has 1 amide bonds. The molecule has 0 spiro atoms. The Kier molecular flexibility index (Phi) is 4.22. The number of allylic oxidation sites excluding steroid dienone is 1. The van der Waals surface area contributed by atoms with Gasteiger partial charge in [0.1, 0.15) is 0 Å². The van der Waals surface area contributed by atoms with E-state index >= 15 is 0 Å². The summed E-state index contributed by atoms with van der Waals surface area (Å²) < 4.78 is 16.2. The highest BCUT2D eigenvalue weighted by Crippen LogP contribution is 2.37. The average molecular weight is 361 g/mol. The second kappa shape index (κ2) is 6.53. The number of amides is 1. The summed E-state index contributed by atoms with van der Waals surface area (Å²) in [5.74, 6) is 1.38. The van der Waals surface area contributed by atoms with Crippen LogP contribution in [0.3, 0.4) is 0 Å². The highest BCUT2D eigenvalue weighted by Gasteiger charge is 2.33. The van der Waals surface area contributed by atoms with Gasteiger partial charge in [0.15, 0.2) is 16.6 Å². The molecule has 1 fully saturated rings. The summed E-state index contributed by atoms with van der Waals surface area (Å²) in [5.41, 5.74) is 2.33. The number of carbonyl (C=O) groups excluding carboxylic acids is 1. The molecule has 2 N–H and O–H groups in total. The van der Waals surface area contributed by atoms with E-state index in [-0.39, 0.29) is 18.7 Å². The van der Waals surface area contributed by atoms with Crippen molar-refractivity contribution < 1.29 is 19.0 Å². The molecule has 0 aliphatic carbocycles. The van der Waals surface area contributed by atoms with Crippen molar-refractivity contribution in [3.05, 3.63) is 35.0 Å². The first-order chi connectivity index (χ1) is 12.1. The quantitative estimate of drug-likeness (QED) is 0.764. The number of carbonyl (C=O) groups is 1. The number of hydrogen-bond donors (Lipinski definition) is 2. The maximum atomic E-state index is 13.1. The topological polar surface area (TPSA) is 72.1 Å². The van der Waals surface area contributed by atoms with Gasteiger partial charge in [0.25, 0.3) is 5.91 Å². The zero-order chi connectivity index (χ0) is 17.4. The van der Waals surface area contributed by atoms with Gasteiger partial charge in [-0.15, -0.1) is 0 Å². The van der Waals surface area contributed by atoms with Crippen molar-refractivity contribution in [3.8, 4) is 11.5 Å². The molecule has 0 unspecified atom stereocenters. The Morgan fingerprint density at radius 3 is 2.80 bits per heavy atom. The van der Waals surface area contributed by atoms with Crippen molar-refractivity contribution in [1.82, 2.24) is 15.5 Å². The first-order valence-corrected chi connectivity index (χ1v) is 8.59. The summed E-state index contributed by atoms with van der Waals surface area (Å²) in [7, 11) is 0. The minimum Gasteiger partial charge on any atom is -0.454 e. The number of fused-ring (bicyclic) bond motifs is 1. The van der Waals surface area contributed by atoms with Gasteiger partial charge in [-0.25, -0.2) is 0 Å². The zero-order valence-electron chi connectivity index (χ0n) is 13.8. The maximum Gasteiger partial charge on any atom is 0.254 e. The van der Waals surface area contributed by atoms with Gasteiger partial charge in [-0.05, 0) is 36.8 Å². The van der Waals surface area contributed by atoms with E-state index in [1.807, 2.05) is 30.0 Å². The summed E-state index contributed by atoms with van der Waals surface area (Å²) in [6, 6.07) is 5.35. The number of ether oxygens (including phenoxy) is 3. The lowest BCUT2D eigenvalue weighted by atomic mass is 9.94. The van der Waals surface area contributed by atoms with E-state index in [4.69, 9.17) is 26.4 Å². The predicted molar refractivity (Wildman–Crippen MR) is 94.3 cm³/mol. The number of nitrogens with one attached hydrogen (secondary N) is 2. The van der Waals surface area contributed by atoms with Gasteiger partial charge in [0.2, 0.25) is 6.79 Å². The first-order valence-electron chi connectivity index (χ1n) is 8.18. The Labute approximate surface area is 150 Å². The second-order valence-corrected chi connectivity index (χ2v) is 6.50. The van der Waals surface area contributed by atoms with Crippen molar-refractivity contribution in [2.24, 2.45) is 0 Å². The lowest BCUT2D eigenvalue weighted by Crippen LogP contribution is -2.49. The van der Waals surface area contributed by atoms with Crippen LogP contribution in [0.2, 0.25) is 0 Å². The summed E-state index contributed by atoms with van der Waals surface area (Å²) >= 11 is 5.30. The minimum absolute atomic E-state index is 0.00836. The second-order valence-electron chi connectivity index (χ2n) is 6.09. The fraction of sp³-hybridized carbons (Fsp3) is 0.412. The highest BCUT2D eigenvalue weighted by molar-refractivity contribution is 7.80. The minimum atomic E-state index is -0.335. The molecule has 1 aromatic carbocycles. The lowest BCUT2D eigenvalue weighted by molar-refractivity contribution is -0.131. The average Bonchev–Trinajstić information content (AvgIpc) is 3.09. The van der Waals surface area contributed by atoms with Crippen LogP contribution in [-0.2, 0) is 9.53 Å². The Hall–Kier alpha value is -2.32. The fourth-order valence-electron chi connectivity index (χ4n) is 3.26. The summed E-state index contributed by atoms with van der Waals surface area (Å²) in [5, 5.41) is 6.78. The molecule has 0 radical (unpaired) electrons. The van der Waals surface area contributed by atoms with Crippen molar-refractivity contribution in [1.29, 1.82) is 0 Å². The van der Waals surface area contributed by atoms with E-state index in [9.17, 15) is 4.79 Å².